The minimum atomic E-state index is -0.420. The maximum Gasteiger partial charge on any atom is 0.255 e. The van der Waals surface area contributed by atoms with Gasteiger partial charge in [-0.3, -0.25) is 9.69 Å². The van der Waals surface area contributed by atoms with Crippen molar-refractivity contribution in [1.82, 2.24) is 14.8 Å². The van der Waals surface area contributed by atoms with Crippen LogP contribution in [-0.4, -0.2) is 77.3 Å². The fourth-order valence-electron chi connectivity index (χ4n) is 4.66. The smallest absolute Gasteiger partial charge is 0.255 e. The zero-order chi connectivity index (χ0) is 24.8. The number of nitrogens with one attached hydrogen (secondary N) is 1. The summed E-state index contributed by atoms with van der Waals surface area (Å²) in [6, 6.07) is 8.02. The number of pyridine rings is 1. The summed E-state index contributed by atoms with van der Waals surface area (Å²) in [4.78, 5) is 21.1. The van der Waals surface area contributed by atoms with Gasteiger partial charge < -0.3 is 24.8 Å². The van der Waals surface area contributed by atoms with Crippen molar-refractivity contribution in [1.29, 1.82) is 0 Å². The highest BCUT2D eigenvalue weighted by atomic mass is 35.5. The number of halogens is 1. The Labute approximate surface area is 212 Å². The maximum absolute atomic E-state index is 12.5. The van der Waals surface area contributed by atoms with Crippen LogP contribution >= 0.6 is 11.6 Å². The normalized spacial score (nSPS) is 19.1. The minimum absolute atomic E-state index is 0.0731. The second kappa shape index (κ2) is 11.9. The van der Waals surface area contributed by atoms with Crippen molar-refractivity contribution in [3.63, 3.8) is 0 Å². The Morgan fingerprint density at radius 2 is 1.80 bits per heavy atom. The Morgan fingerprint density at radius 1 is 1.11 bits per heavy atom. The molecule has 0 unspecified atom stereocenters. The first-order chi connectivity index (χ1) is 17.0. The molecule has 0 spiro atoms. The summed E-state index contributed by atoms with van der Waals surface area (Å²) in [6.45, 7) is 8.71. The number of hydrogen-bond acceptors (Lipinski definition) is 7. The van der Waals surface area contributed by atoms with Gasteiger partial charge in [-0.15, -0.1) is 0 Å². The lowest BCUT2D eigenvalue weighted by atomic mass is 10.0. The molecule has 0 bridgehead atoms. The Morgan fingerprint density at radius 3 is 2.34 bits per heavy atom. The summed E-state index contributed by atoms with van der Waals surface area (Å²) in [6.07, 6.45) is 3.83. The average molecular weight is 503 g/mol. The Kier molecular flexibility index (Phi) is 8.70. The molecule has 35 heavy (non-hydrogen) atoms. The number of hydrogen-bond donors (Lipinski definition) is 2. The predicted octanol–water partition coefficient (Wildman–Crippen LogP) is 3.82. The largest absolute Gasteiger partial charge is 0.492 e. The number of anilines is 1. The monoisotopic (exact) mass is 502 g/mol. The molecule has 0 saturated carbocycles. The zero-order valence-corrected chi connectivity index (χ0v) is 21.3. The molecular formula is C26H35ClN4O4. The standard InChI is InChI=1S/C26H35ClN4O4/c1-3-34-22-13-18(14-23(25(22)27)35-4-2)16-30-10-7-20(8-11-30)29-24-6-5-19(15-28-24)26(33)31-12-9-21(32)17-31/h5-6,13-15,20-21,32H,3-4,7-12,16-17H2,1-2H3,(H,28,29)/t21-/m1/s1. The molecule has 3 heterocycles. The second-order valence-corrected chi connectivity index (χ2v) is 9.47. The van der Waals surface area contributed by atoms with E-state index in [1.54, 1.807) is 11.1 Å². The highest BCUT2D eigenvalue weighted by Gasteiger charge is 2.26. The van der Waals surface area contributed by atoms with Crippen molar-refractivity contribution in [3.05, 3.63) is 46.6 Å². The number of ether oxygens (including phenoxy) is 2. The van der Waals surface area contributed by atoms with Crippen molar-refractivity contribution in [3.8, 4) is 11.5 Å². The van der Waals surface area contributed by atoms with Gasteiger partial charge in [0.15, 0.2) is 0 Å². The van der Waals surface area contributed by atoms with Crippen LogP contribution in [-0.2, 0) is 6.54 Å². The molecule has 8 nitrogen and oxygen atoms in total. The summed E-state index contributed by atoms with van der Waals surface area (Å²) in [5, 5.41) is 13.7. The quantitative estimate of drug-likeness (QED) is 0.539. The predicted molar refractivity (Wildman–Crippen MR) is 136 cm³/mol. The van der Waals surface area contributed by atoms with Gasteiger partial charge in [-0.1, -0.05) is 11.6 Å². The first kappa shape index (κ1) is 25.5. The van der Waals surface area contributed by atoms with Crippen molar-refractivity contribution >= 4 is 23.3 Å². The van der Waals surface area contributed by atoms with E-state index in [0.29, 0.717) is 60.9 Å². The van der Waals surface area contributed by atoms with E-state index in [2.05, 4.69) is 15.2 Å². The first-order valence-corrected chi connectivity index (χ1v) is 12.8. The van der Waals surface area contributed by atoms with E-state index in [0.717, 1.165) is 43.9 Å². The number of aliphatic hydroxyl groups is 1. The van der Waals surface area contributed by atoms with Gasteiger partial charge in [0.2, 0.25) is 0 Å². The van der Waals surface area contributed by atoms with E-state index >= 15 is 0 Å². The van der Waals surface area contributed by atoms with Crippen LogP contribution in [0.1, 0.15) is 49.0 Å². The van der Waals surface area contributed by atoms with Gasteiger partial charge in [-0.25, -0.2) is 4.98 Å². The number of aliphatic hydroxyl groups excluding tert-OH is 1. The molecule has 2 saturated heterocycles. The molecule has 2 fully saturated rings. The van der Waals surface area contributed by atoms with Crippen LogP contribution in [0.4, 0.5) is 5.82 Å². The van der Waals surface area contributed by atoms with Gasteiger partial charge in [0.25, 0.3) is 5.91 Å². The van der Waals surface area contributed by atoms with Gasteiger partial charge in [-0.2, -0.15) is 0 Å². The number of carbonyl (C=O) groups excluding carboxylic acids is 1. The molecule has 1 amide bonds. The number of carbonyl (C=O) groups is 1. The van der Waals surface area contributed by atoms with Gasteiger partial charge in [-0.05, 0) is 62.9 Å². The van der Waals surface area contributed by atoms with Gasteiger partial charge >= 0.3 is 0 Å². The fourth-order valence-corrected chi connectivity index (χ4v) is 4.87. The molecule has 1 aromatic heterocycles. The lowest BCUT2D eigenvalue weighted by Crippen LogP contribution is -2.38. The number of amides is 1. The number of aromatic nitrogens is 1. The van der Waals surface area contributed by atoms with Crippen molar-refractivity contribution < 1.29 is 19.4 Å². The molecule has 0 aliphatic carbocycles. The summed E-state index contributed by atoms with van der Waals surface area (Å²) >= 11 is 6.43. The van der Waals surface area contributed by atoms with E-state index in [-0.39, 0.29) is 5.91 Å². The third kappa shape index (κ3) is 6.57. The minimum Gasteiger partial charge on any atom is -0.492 e. The summed E-state index contributed by atoms with van der Waals surface area (Å²) in [5.41, 5.74) is 1.68. The van der Waals surface area contributed by atoms with Crippen LogP contribution in [0.5, 0.6) is 11.5 Å². The van der Waals surface area contributed by atoms with Crippen LogP contribution in [0, 0.1) is 0 Å². The van der Waals surface area contributed by atoms with Crippen molar-refractivity contribution in [2.45, 2.75) is 51.8 Å². The first-order valence-electron chi connectivity index (χ1n) is 12.5. The van der Waals surface area contributed by atoms with Crippen LogP contribution in [0.3, 0.4) is 0 Å². The molecule has 2 aromatic rings. The average Bonchev–Trinajstić information content (AvgIpc) is 3.30. The van der Waals surface area contributed by atoms with Crippen molar-refractivity contribution in [2.75, 3.05) is 44.7 Å². The van der Waals surface area contributed by atoms with Gasteiger partial charge in [0.1, 0.15) is 22.3 Å². The molecule has 2 aliphatic heterocycles. The van der Waals surface area contributed by atoms with E-state index in [9.17, 15) is 9.90 Å². The van der Waals surface area contributed by atoms with Crippen LogP contribution in [0.15, 0.2) is 30.5 Å². The second-order valence-electron chi connectivity index (χ2n) is 9.09. The summed E-state index contributed by atoms with van der Waals surface area (Å²) in [7, 11) is 0. The highest BCUT2D eigenvalue weighted by Crippen LogP contribution is 2.36. The number of β-amino-alcohol motifs (C(OH)–C–C–N with tert-alkyl or cyclic N) is 1. The molecule has 190 valence electrons. The molecule has 9 heteroatoms. The molecular weight excluding hydrogens is 468 g/mol. The Balaban J connectivity index is 1.29. The maximum atomic E-state index is 12.5. The number of piperidine rings is 1. The molecule has 4 rings (SSSR count). The number of nitrogens with zero attached hydrogens (tertiary/aromatic N) is 3. The summed E-state index contributed by atoms with van der Waals surface area (Å²) < 4.78 is 11.4. The SMILES string of the molecule is CCOc1cc(CN2CCC(Nc3ccc(C(=O)N4CC[C@@H](O)C4)cn3)CC2)cc(OCC)c1Cl. The number of rotatable bonds is 9. The topological polar surface area (TPSA) is 87.2 Å². The number of benzene rings is 1. The van der Waals surface area contributed by atoms with E-state index in [1.807, 2.05) is 38.1 Å². The lowest BCUT2D eigenvalue weighted by molar-refractivity contribution is 0.0764. The number of likely N-dealkylation sites (tertiary alicyclic amines) is 2. The molecule has 0 radical (unpaired) electrons. The summed E-state index contributed by atoms with van der Waals surface area (Å²) in [5.74, 6) is 2.04. The highest BCUT2D eigenvalue weighted by molar-refractivity contribution is 6.33. The molecule has 2 aliphatic rings. The third-order valence-electron chi connectivity index (χ3n) is 6.47. The van der Waals surface area contributed by atoms with Gasteiger partial charge in [0, 0.05) is 45.0 Å². The molecule has 2 N–H and O–H groups in total. The van der Waals surface area contributed by atoms with E-state index < -0.39 is 6.10 Å². The van der Waals surface area contributed by atoms with Crippen LogP contribution < -0.4 is 14.8 Å². The van der Waals surface area contributed by atoms with E-state index in [1.165, 1.54) is 0 Å². The van der Waals surface area contributed by atoms with Crippen molar-refractivity contribution in [2.24, 2.45) is 0 Å². The zero-order valence-electron chi connectivity index (χ0n) is 20.5. The third-order valence-corrected chi connectivity index (χ3v) is 6.84. The van der Waals surface area contributed by atoms with Crippen LogP contribution in [0.25, 0.3) is 0 Å². The lowest BCUT2D eigenvalue weighted by Gasteiger charge is -2.32. The molecule has 1 atom stereocenters. The van der Waals surface area contributed by atoms with Gasteiger partial charge in [0.05, 0.1) is 24.9 Å². The van der Waals surface area contributed by atoms with E-state index in [4.69, 9.17) is 21.1 Å². The Hall–Kier alpha value is -2.55. The van der Waals surface area contributed by atoms with Crippen LogP contribution in [0.2, 0.25) is 5.02 Å². The molecule has 1 aromatic carbocycles. The Bertz CT molecular complexity index is 968. The fraction of sp³-hybridized carbons (Fsp3) is 0.538.